The minimum Gasteiger partial charge on any atom is -0.480 e. The number of hydrogen-bond donors (Lipinski definition) is 1. The molecule has 0 aliphatic carbocycles. The van der Waals surface area contributed by atoms with E-state index in [1.54, 1.807) is 20.8 Å². The Balaban J connectivity index is 2.13. The predicted octanol–water partition coefficient (Wildman–Crippen LogP) is 1.13. The molecule has 2 rings (SSSR count). The molecule has 1 N–H and O–H groups in total. The molecule has 0 unspecified atom stereocenters. The molecule has 0 saturated carbocycles. The standard InChI is InChI=1S/C14H19FN4O4/c1-14(2,3)23-13(22)18-4-5-19(10(8-18)11(20)21)12-16-6-9(15)7-17-12/h6-7,10H,4-5,8H2,1-3H3,(H,20,21)/t10-/m0/s1. The number of hydrogen-bond acceptors (Lipinski definition) is 6. The van der Waals surface area contributed by atoms with Gasteiger partial charge in [-0.2, -0.15) is 0 Å². The summed E-state index contributed by atoms with van der Waals surface area (Å²) in [6.45, 7) is 5.62. The highest BCUT2D eigenvalue weighted by atomic mass is 19.1. The average molecular weight is 326 g/mol. The van der Waals surface area contributed by atoms with E-state index in [1.165, 1.54) is 9.80 Å². The molecule has 0 spiro atoms. The molecule has 1 amide bonds. The van der Waals surface area contributed by atoms with Gasteiger partial charge in [0.05, 0.1) is 18.9 Å². The van der Waals surface area contributed by atoms with E-state index >= 15 is 0 Å². The van der Waals surface area contributed by atoms with Crippen molar-refractivity contribution in [2.75, 3.05) is 24.5 Å². The Labute approximate surface area is 132 Å². The fourth-order valence-electron chi connectivity index (χ4n) is 2.18. The molecular formula is C14H19FN4O4. The smallest absolute Gasteiger partial charge is 0.410 e. The van der Waals surface area contributed by atoms with Crippen molar-refractivity contribution in [3.8, 4) is 0 Å². The second kappa shape index (κ2) is 6.35. The molecule has 23 heavy (non-hydrogen) atoms. The summed E-state index contributed by atoms with van der Waals surface area (Å²) in [6.07, 6.45) is 1.38. The van der Waals surface area contributed by atoms with Crippen molar-refractivity contribution in [2.45, 2.75) is 32.4 Å². The molecule has 1 aromatic rings. The summed E-state index contributed by atoms with van der Waals surface area (Å²) in [5, 5.41) is 9.41. The van der Waals surface area contributed by atoms with E-state index in [-0.39, 0.29) is 25.6 Å². The molecule has 1 aliphatic heterocycles. The van der Waals surface area contributed by atoms with Crippen molar-refractivity contribution in [1.29, 1.82) is 0 Å². The molecule has 0 aromatic carbocycles. The first-order valence-corrected chi connectivity index (χ1v) is 7.12. The van der Waals surface area contributed by atoms with Gasteiger partial charge in [-0.1, -0.05) is 0 Å². The van der Waals surface area contributed by atoms with Crippen molar-refractivity contribution in [2.24, 2.45) is 0 Å². The summed E-state index contributed by atoms with van der Waals surface area (Å²) in [4.78, 5) is 34.0. The monoisotopic (exact) mass is 326 g/mol. The minimum absolute atomic E-state index is 0.0645. The Morgan fingerprint density at radius 3 is 2.43 bits per heavy atom. The van der Waals surface area contributed by atoms with Gasteiger partial charge in [-0.3, -0.25) is 0 Å². The number of piperazine rings is 1. The summed E-state index contributed by atoms with van der Waals surface area (Å²) in [5.74, 6) is -1.61. The number of carbonyl (C=O) groups is 2. The average Bonchev–Trinajstić information content (AvgIpc) is 2.45. The SMILES string of the molecule is CC(C)(C)OC(=O)N1CCN(c2ncc(F)cn2)[C@H](C(=O)O)C1. The topological polar surface area (TPSA) is 95.9 Å². The van der Waals surface area contributed by atoms with Gasteiger partial charge in [0.25, 0.3) is 0 Å². The third-order valence-corrected chi connectivity index (χ3v) is 3.18. The molecule has 8 nitrogen and oxygen atoms in total. The van der Waals surface area contributed by atoms with E-state index in [2.05, 4.69) is 9.97 Å². The molecule has 1 fully saturated rings. The molecule has 126 valence electrons. The van der Waals surface area contributed by atoms with E-state index in [1.807, 2.05) is 0 Å². The number of carboxylic acids is 1. The maximum atomic E-state index is 12.9. The fourth-order valence-corrected chi connectivity index (χ4v) is 2.18. The zero-order valence-electron chi connectivity index (χ0n) is 13.2. The third kappa shape index (κ3) is 4.27. The van der Waals surface area contributed by atoms with Crippen LogP contribution in [0.1, 0.15) is 20.8 Å². The lowest BCUT2D eigenvalue weighted by Crippen LogP contribution is -2.59. The van der Waals surface area contributed by atoms with Crippen LogP contribution in [-0.2, 0) is 9.53 Å². The summed E-state index contributed by atoms with van der Waals surface area (Å²) < 4.78 is 18.2. The minimum atomic E-state index is -1.12. The van der Waals surface area contributed by atoms with Gasteiger partial charge < -0.3 is 19.6 Å². The number of aromatic nitrogens is 2. The van der Waals surface area contributed by atoms with Crippen LogP contribution >= 0.6 is 0 Å². The van der Waals surface area contributed by atoms with Gasteiger partial charge in [0, 0.05) is 13.1 Å². The van der Waals surface area contributed by atoms with E-state index in [4.69, 9.17) is 4.74 Å². The van der Waals surface area contributed by atoms with Crippen LogP contribution in [0, 0.1) is 5.82 Å². The zero-order chi connectivity index (χ0) is 17.2. The lowest BCUT2D eigenvalue weighted by atomic mass is 10.1. The zero-order valence-corrected chi connectivity index (χ0v) is 13.2. The summed E-state index contributed by atoms with van der Waals surface area (Å²) >= 11 is 0. The number of halogens is 1. The van der Waals surface area contributed by atoms with Crippen molar-refractivity contribution in [1.82, 2.24) is 14.9 Å². The van der Waals surface area contributed by atoms with Gasteiger partial charge in [-0.25, -0.2) is 23.9 Å². The molecule has 1 saturated heterocycles. The van der Waals surface area contributed by atoms with E-state index in [9.17, 15) is 19.1 Å². The first-order chi connectivity index (χ1) is 10.7. The van der Waals surface area contributed by atoms with Crippen LogP contribution in [0.25, 0.3) is 0 Å². The quantitative estimate of drug-likeness (QED) is 0.870. The Morgan fingerprint density at radius 2 is 1.91 bits per heavy atom. The first kappa shape index (κ1) is 16.9. The molecule has 0 radical (unpaired) electrons. The Kier molecular flexibility index (Phi) is 4.67. The van der Waals surface area contributed by atoms with E-state index < -0.39 is 29.5 Å². The van der Waals surface area contributed by atoms with Crippen molar-refractivity contribution < 1.29 is 23.8 Å². The number of carbonyl (C=O) groups excluding carboxylic acids is 1. The molecule has 9 heteroatoms. The number of ether oxygens (including phenoxy) is 1. The normalized spacial score (nSPS) is 18.7. The number of amides is 1. The largest absolute Gasteiger partial charge is 0.480 e. The van der Waals surface area contributed by atoms with Gasteiger partial charge >= 0.3 is 12.1 Å². The maximum Gasteiger partial charge on any atom is 0.410 e. The second-order valence-corrected chi connectivity index (χ2v) is 6.18. The van der Waals surface area contributed by atoms with Crippen LogP contribution in [0.15, 0.2) is 12.4 Å². The molecule has 1 aromatic heterocycles. The Bertz CT molecular complexity index is 587. The van der Waals surface area contributed by atoms with Crippen LogP contribution in [0.2, 0.25) is 0 Å². The van der Waals surface area contributed by atoms with Crippen LogP contribution in [0.5, 0.6) is 0 Å². The van der Waals surface area contributed by atoms with Crippen LogP contribution in [0.4, 0.5) is 15.1 Å². The number of anilines is 1. The van der Waals surface area contributed by atoms with Gasteiger partial charge in [0.2, 0.25) is 5.95 Å². The summed E-state index contributed by atoms with van der Waals surface area (Å²) in [6, 6.07) is -1.03. The van der Waals surface area contributed by atoms with Gasteiger partial charge in [0.15, 0.2) is 5.82 Å². The van der Waals surface area contributed by atoms with Crippen LogP contribution < -0.4 is 4.90 Å². The van der Waals surface area contributed by atoms with Gasteiger partial charge in [0.1, 0.15) is 11.6 Å². The van der Waals surface area contributed by atoms with Gasteiger partial charge in [-0.05, 0) is 20.8 Å². The van der Waals surface area contributed by atoms with Crippen molar-refractivity contribution in [3.05, 3.63) is 18.2 Å². The lowest BCUT2D eigenvalue weighted by molar-refractivity contribution is -0.139. The summed E-state index contributed by atoms with van der Waals surface area (Å²) in [5.41, 5.74) is -0.660. The van der Waals surface area contributed by atoms with Crippen molar-refractivity contribution >= 4 is 18.0 Å². The third-order valence-electron chi connectivity index (χ3n) is 3.18. The van der Waals surface area contributed by atoms with Crippen LogP contribution in [0.3, 0.4) is 0 Å². The number of aliphatic carboxylic acids is 1. The number of nitrogens with zero attached hydrogens (tertiary/aromatic N) is 4. The summed E-state index contributed by atoms with van der Waals surface area (Å²) in [7, 11) is 0. The van der Waals surface area contributed by atoms with E-state index in [0.29, 0.717) is 0 Å². The molecule has 2 heterocycles. The Hall–Kier alpha value is -2.45. The molecule has 0 bridgehead atoms. The molecule has 1 aliphatic rings. The van der Waals surface area contributed by atoms with Gasteiger partial charge in [-0.15, -0.1) is 0 Å². The first-order valence-electron chi connectivity index (χ1n) is 7.12. The molecular weight excluding hydrogens is 307 g/mol. The predicted molar refractivity (Wildman–Crippen MR) is 78.6 cm³/mol. The lowest BCUT2D eigenvalue weighted by Gasteiger charge is -2.39. The maximum absolute atomic E-state index is 12.9. The van der Waals surface area contributed by atoms with E-state index in [0.717, 1.165) is 12.4 Å². The molecule has 1 atom stereocenters. The van der Waals surface area contributed by atoms with Crippen LogP contribution in [-0.4, -0.2) is 63.3 Å². The fraction of sp³-hybridized carbons (Fsp3) is 0.571. The number of rotatable bonds is 2. The highest BCUT2D eigenvalue weighted by Gasteiger charge is 2.37. The highest BCUT2D eigenvalue weighted by Crippen LogP contribution is 2.19. The number of carboxylic acid groups (broad SMARTS) is 1. The van der Waals surface area contributed by atoms with Crippen molar-refractivity contribution in [3.63, 3.8) is 0 Å². The Morgan fingerprint density at radius 1 is 1.30 bits per heavy atom. The second-order valence-electron chi connectivity index (χ2n) is 6.18. The highest BCUT2D eigenvalue weighted by molar-refractivity contribution is 5.79.